The monoisotopic (exact) mass is 247 g/mol. The Bertz CT molecular complexity index is 347. The predicted octanol–water partition coefficient (Wildman–Crippen LogP) is 4.01. The molecule has 17 heavy (non-hydrogen) atoms. The molecule has 93 valence electrons. The van der Waals surface area contributed by atoms with Crippen LogP contribution in [0, 0.1) is 0 Å². The van der Waals surface area contributed by atoms with Crippen LogP contribution < -0.4 is 4.43 Å². The van der Waals surface area contributed by atoms with E-state index in [9.17, 15) is 0 Å². The SMILES string of the molecule is CCCc1ccc(O[Si])c(CCC)c1CCC. The molecular weight excluding hydrogens is 224 g/mol. The molecule has 0 amide bonds. The van der Waals surface area contributed by atoms with Crippen molar-refractivity contribution in [3.05, 3.63) is 28.8 Å². The second-order valence-corrected chi connectivity index (χ2v) is 4.74. The van der Waals surface area contributed by atoms with Crippen molar-refractivity contribution in [2.75, 3.05) is 0 Å². The van der Waals surface area contributed by atoms with Crippen molar-refractivity contribution in [3.8, 4) is 5.75 Å². The third kappa shape index (κ3) is 3.60. The lowest BCUT2D eigenvalue weighted by Gasteiger charge is -2.17. The first kappa shape index (κ1) is 14.3. The molecule has 0 N–H and O–H groups in total. The van der Waals surface area contributed by atoms with Crippen LogP contribution in [0.5, 0.6) is 5.75 Å². The molecular formula is C15H23OSi. The molecule has 0 aromatic heterocycles. The summed E-state index contributed by atoms with van der Waals surface area (Å²) in [4.78, 5) is 0. The second kappa shape index (κ2) is 7.54. The zero-order chi connectivity index (χ0) is 12.7. The summed E-state index contributed by atoms with van der Waals surface area (Å²) in [5.41, 5.74) is 4.42. The Morgan fingerprint density at radius 2 is 1.47 bits per heavy atom. The van der Waals surface area contributed by atoms with Crippen molar-refractivity contribution >= 4 is 10.5 Å². The fourth-order valence-corrected chi connectivity index (χ4v) is 2.60. The van der Waals surface area contributed by atoms with Crippen LogP contribution in [0.15, 0.2) is 12.1 Å². The van der Waals surface area contributed by atoms with Crippen LogP contribution in [0.3, 0.4) is 0 Å². The van der Waals surface area contributed by atoms with E-state index >= 15 is 0 Å². The van der Waals surface area contributed by atoms with E-state index in [1.165, 1.54) is 36.0 Å². The van der Waals surface area contributed by atoms with Crippen molar-refractivity contribution in [1.29, 1.82) is 0 Å². The normalized spacial score (nSPS) is 10.6. The molecule has 1 aromatic carbocycles. The molecule has 2 heteroatoms. The van der Waals surface area contributed by atoms with Crippen LogP contribution in [0.2, 0.25) is 0 Å². The van der Waals surface area contributed by atoms with Gasteiger partial charge in [0.15, 0.2) is 0 Å². The molecule has 0 saturated heterocycles. The molecule has 0 aliphatic heterocycles. The van der Waals surface area contributed by atoms with E-state index in [0.29, 0.717) is 0 Å². The highest BCUT2D eigenvalue weighted by atomic mass is 28.2. The first-order valence-electron chi connectivity index (χ1n) is 6.75. The van der Waals surface area contributed by atoms with Gasteiger partial charge in [0.2, 0.25) is 0 Å². The van der Waals surface area contributed by atoms with Gasteiger partial charge >= 0.3 is 10.5 Å². The Balaban J connectivity index is 3.20. The van der Waals surface area contributed by atoms with Crippen LogP contribution in [0.25, 0.3) is 0 Å². The Hall–Kier alpha value is -0.763. The molecule has 0 unspecified atom stereocenters. The van der Waals surface area contributed by atoms with Gasteiger partial charge in [0, 0.05) is 0 Å². The van der Waals surface area contributed by atoms with Gasteiger partial charge in [-0.05, 0) is 42.0 Å². The van der Waals surface area contributed by atoms with Gasteiger partial charge in [-0.3, -0.25) is 0 Å². The van der Waals surface area contributed by atoms with E-state index < -0.39 is 0 Å². The highest BCUT2D eigenvalue weighted by molar-refractivity contribution is 6.00. The first-order chi connectivity index (χ1) is 8.28. The van der Waals surface area contributed by atoms with Gasteiger partial charge < -0.3 is 4.43 Å². The Labute approximate surface area is 109 Å². The molecule has 0 heterocycles. The fourth-order valence-electron chi connectivity index (χ4n) is 2.40. The van der Waals surface area contributed by atoms with E-state index in [4.69, 9.17) is 4.43 Å². The summed E-state index contributed by atoms with van der Waals surface area (Å²) in [6, 6.07) is 4.32. The molecule has 0 aliphatic carbocycles. The van der Waals surface area contributed by atoms with Crippen LogP contribution in [0.1, 0.15) is 56.7 Å². The van der Waals surface area contributed by atoms with Gasteiger partial charge in [0.25, 0.3) is 0 Å². The summed E-state index contributed by atoms with van der Waals surface area (Å²) >= 11 is 0. The largest absolute Gasteiger partial charge is 0.540 e. The third-order valence-electron chi connectivity index (χ3n) is 3.11. The number of benzene rings is 1. The summed E-state index contributed by atoms with van der Waals surface area (Å²) in [5, 5.41) is 0. The first-order valence-corrected chi connectivity index (χ1v) is 7.16. The van der Waals surface area contributed by atoms with Crippen LogP contribution >= 0.6 is 0 Å². The van der Waals surface area contributed by atoms with Gasteiger partial charge in [-0.1, -0.05) is 46.1 Å². The maximum Gasteiger partial charge on any atom is 0.341 e. The van der Waals surface area contributed by atoms with Gasteiger partial charge in [-0.25, -0.2) is 0 Å². The average Bonchev–Trinajstić information content (AvgIpc) is 2.34. The molecule has 3 radical (unpaired) electrons. The van der Waals surface area contributed by atoms with Crippen LogP contribution in [0.4, 0.5) is 0 Å². The minimum absolute atomic E-state index is 0.992. The summed E-state index contributed by atoms with van der Waals surface area (Å²) in [6.07, 6.45) is 7.00. The van der Waals surface area contributed by atoms with Crippen LogP contribution in [-0.4, -0.2) is 10.5 Å². The lowest BCUT2D eigenvalue weighted by Crippen LogP contribution is -2.03. The summed E-state index contributed by atoms with van der Waals surface area (Å²) in [6.45, 7) is 6.70. The molecule has 1 nitrogen and oxygen atoms in total. The molecule has 0 saturated carbocycles. The van der Waals surface area contributed by atoms with Crippen molar-refractivity contribution in [2.24, 2.45) is 0 Å². The minimum Gasteiger partial charge on any atom is -0.540 e. The quantitative estimate of drug-likeness (QED) is 0.662. The maximum atomic E-state index is 5.32. The van der Waals surface area contributed by atoms with E-state index in [0.717, 1.165) is 25.0 Å². The minimum atomic E-state index is 0.992. The Morgan fingerprint density at radius 1 is 0.882 bits per heavy atom. The number of aryl methyl sites for hydroxylation is 1. The number of rotatable bonds is 7. The highest BCUT2D eigenvalue weighted by Crippen LogP contribution is 2.28. The topological polar surface area (TPSA) is 9.23 Å². The molecule has 1 rings (SSSR count). The number of hydrogen-bond donors (Lipinski definition) is 0. The summed E-state index contributed by atoms with van der Waals surface area (Å²) < 4.78 is 5.32. The molecule has 0 fully saturated rings. The van der Waals surface area contributed by atoms with Crippen molar-refractivity contribution in [2.45, 2.75) is 59.3 Å². The Kier molecular flexibility index (Phi) is 6.34. The van der Waals surface area contributed by atoms with Crippen molar-refractivity contribution in [1.82, 2.24) is 0 Å². The summed E-state index contributed by atoms with van der Waals surface area (Å²) in [5.74, 6) is 0.992. The highest BCUT2D eigenvalue weighted by Gasteiger charge is 2.12. The smallest absolute Gasteiger partial charge is 0.341 e. The summed E-state index contributed by atoms with van der Waals surface area (Å²) in [7, 11) is 3.18. The lowest BCUT2D eigenvalue weighted by molar-refractivity contribution is 0.599. The van der Waals surface area contributed by atoms with Crippen LogP contribution in [-0.2, 0) is 19.3 Å². The molecule has 0 aliphatic rings. The zero-order valence-corrected chi connectivity index (χ0v) is 12.3. The van der Waals surface area contributed by atoms with Crippen molar-refractivity contribution < 1.29 is 4.43 Å². The maximum absolute atomic E-state index is 5.32. The molecule has 0 atom stereocenters. The molecule has 1 aromatic rings. The third-order valence-corrected chi connectivity index (χ3v) is 3.33. The second-order valence-electron chi connectivity index (χ2n) is 4.53. The van der Waals surface area contributed by atoms with Gasteiger partial charge in [0.1, 0.15) is 5.75 Å². The average molecular weight is 247 g/mol. The van der Waals surface area contributed by atoms with E-state index in [1.807, 2.05) is 0 Å². The van der Waals surface area contributed by atoms with E-state index in [-0.39, 0.29) is 0 Å². The Morgan fingerprint density at radius 3 is 2.00 bits per heavy atom. The fraction of sp³-hybridized carbons (Fsp3) is 0.600. The molecule has 0 spiro atoms. The van der Waals surface area contributed by atoms with Gasteiger partial charge in [-0.2, -0.15) is 0 Å². The van der Waals surface area contributed by atoms with E-state index in [2.05, 4.69) is 43.4 Å². The lowest BCUT2D eigenvalue weighted by atomic mass is 9.91. The number of hydrogen-bond acceptors (Lipinski definition) is 1. The standard InChI is InChI=1S/C15H23OSi/c1-4-7-12-10-11-15(16-17)14(9-6-3)13(12)8-5-2/h10-11H,4-9H2,1-3H3. The van der Waals surface area contributed by atoms with E-state index in [1.54, 1.807) is 0 Å². The van der Waals surface area contributed by atoms with Gasteiger partial charge in [0.05, 0.1) is 0 Å². The van der Waals surface area contributed by atoms with Gasteiger partial charge in [-0.15, -0.1) is 0 Å². The van der Waals surface area contributed by atoms with Crippen molar-refractivity contribution in [3.63, 3.8) is 0 Å². The molecule has 0 bridgehead atoms. The zero-order valence-electron chi connectivity index (χ0n) is 11.3. The predicted molar refractivity (Wildman–Crippen MR) is 74.8 cm³/mol.